The van der Waals surface area contributed by atoms with Gasteiger partial charge in [-0.15, -0.1) is 0 Å². The fourth-order valence-electron chi connectivity index (χ4n) is 1.76. The number of hydrazine groups is 1. The van der Waals surface area contributed by atoms with Crippen LogP contribution in [-0.2, 0) is 10.9 Å². The molecule has 0 aliphatic heterocycles. The van der Waals surface area contributed by atoms with Crippen LogP contribution < -0.4 is 16.2 Å². The van der Waals surface area contributed by atoms with Crippen molar-refractivity contribution in [2.45, 2.75) is 32.5 Å². The van der Waals surface area contributed by atoms with E-state index in [0.717, 1.165) is 12.5 Å². The SMILES string of the molecule is CCC(C)N(CCOC)c1cc(C(F)(F)F)nc(NN)n1. The van der Waals surface area contributed by atoms with Crippen LogP contribution in [0.5, 0.6) is 0 Å². The average Bonchev–Trinajstić information content (AvgIpc) is 2.46. The summed E-state index contributed by atoms with van der Waals surface area (Å²) in [7, 11) is 1.53. The van der Waals surface area contributed by atoms with Gasteiger partial charge in [-0.25, -0.2) is 10.8 Å². The van der Waals surface area contributed by atoms with Gasteiger partial charge in [-0.3, -0.25) is 5.43 Å². The second-order valence-electron chi connectivity index (χ2n) is 4.52. The van der Waals surface area contributed by atoms with E-state index in [1.165, 1.54) is 7.11 Å². The van der Waals surface area contributed by atoms with Crippen molar-refractivity contribution >= 4 is 11.8 Å². The number of alkyl halides is 3. The lowest BCUT2D eigenvalue weighted by molar-refractivity contribution is -0.141. The molecule has 1 heterocycles. The van der Waals surface area contributed by atoms with E-state index < -0.39 is 11.9 Å². The summed E-state index contributed by atoms with van der Waals surface area (Å²) in [6.07, 6.45) is -3.81. The molecule has 1 unspecified atom stereocenters. The molecule has 1 aromatic heterocycles. The minimum atomic E-state index is -4.56. The molecule has 0 saturated heterocycles. The summed E-state index contributed by atoms with van der Waals surface area (Å²) in [5.41, 5.74) is 1.03. The van der Waals surface area contributed by atoms with Gasteiger partial charge < -0.3 is 9.64 Å². The number of nitrogens with one attached hydrogen (secondary N) is 1. The molecule has 1 aromatic rings. The standard InChI is InChI=1S/C12H20F3N5O/c1-4-8(2)20(5-6-21-3)10-7-9(12(13,14)15)17-11(18-10)19-16/h7-8H,4-6,16H2,1-3H3,(H,17,18,19). The van der Waals surface area contributed by atoms with Crippen LogP contribution in [0.3, 0.4) is 0 Å². The molecular weight excluding hydrogens is 287 g/mol. The minimum absolute atomic E-state index is 0.00163. The summed E-state index contributed by atoms with van der Waals surface area (Å²) in [6.45, 7) is 4.64. The van der Waals surface area contributed by atoms with Gasteiger partial charge in [0.15, 0.2) is 5.69 Å². The summed E-state index contributed by atoms with van der Waals surface area (Å²) in [5, 5.41) is 0. The number of rotatable bonds is 7. The van der Waals surface area contributed by atoms with Crippen molar-refractivity contribution in [3.05, 3.63) is 11.8 Å². The molecule has 0 radical (unpaired) electrons. The van der Waals surface area contributed by atoms with Crippen LogP contribution in [0.4, 0.5) is 24.9 Å². The molecule has 0 amide bonds. The number of ether oxygens (including phenoxy) is 1. The van der Waals surface area contributed by atoms with E-state index in [9.17, 15) is 13.2 Å². The Morgan fingerprint density at radius 1 is 1.43 bits per heavy atom. The van der Waals surface area contributed by atoms with Gasteiger partial charge in [0.25, 0.3) is 0 Å². The van der Waals surface area contributed by atoms with Crippen LogP contribution in [0.2, 0.25) is 0 Å². The monoisotopic (exact) mass is 307 g/mol. The lowest BCUT2D eigenvalue weighted by atomic mass is 10.2. The zero-order valence-electron chi connectivity index (χ0n) is 12.2. The zero-order valence-corrected chi connectivity index (χ0v) is 12.2. The number of methoxy groups -OCH3 is 1. The van der Waals surface area contributed by atoms with Gasteiger partial charge in [-0.1, -0.05) is 6.92 Å². The van der Waals surface area contributed by atoms with Crippen molar-refractivity contribution in [3.63, 3.8) is 0 Å². The van der Waals surface area contributed by atoms with Crippen molar-refractivity contribution in [2.24, 2.45) is 5.84 Å². The molecule has 120 valence electrons. The summed E-state index contributed by atoms with van der Waals surface area (Å²) >= 11 is 0. The molecule has 21 heavy (non-hydrogen) atoms. The van der Waals surface area contributed by atoms with E-state index in [1.54, 1.807) is 4.90 Å². The largest absolute Gasteiger partial charge is 0.433 e. The Morgan fingerprint density at radius 2 is 2.10 bits per heavy atom. The maximum atomic E-state index is 12.9. The summed E-state index contributed by atoms with van der Waals surface area (Å²) in [6, 6.07) is 0.921. The van der Waals surface area contributed by atoms with E-state index in [1.807, 2.05) is 13.8 Å². The number of nitrogen functional groups attached to an aromatic ring is 1. The molecule has 0 spiro atoms. The van der Waals surface area contributed by atoms with Crippen molar-refractivity contribution in [1.82, 2.24) is 9.97 Å². The summed E-state index contributed by atoms with van der Waals surface area (Å²) in [4.78, 5) is 9.09. The summed E-state index contributed by atoms with van der Waals surface area (Å²) < 4.78 is 43.6. The van der Waals surface area contributed by atoms with Gasteiger partial charge in [0, 0.05) is 25.8 Å². The van der Waals surface area contributed by atoms with E-state index >= 15 is 0 Å². The first-order valence-corrected chi connectivity index (χ1v) is 6.52. The molecule has 1 atom stereocenters. The van der Waals surface area contributed by atoms with Crippen LogP contribution >= 0.6 is 0 Å². The van der Waals surface area contributed by atoms with Gasteiger partial charge in [-0.05, 0) is 13.3 Å². The predicted octanol–water partition coefficient (Wildman–Crippen LogP) is 2.03. The highest BCUT2D eigenvalue weighted by Gasteiger charge is 2.34. The Kier molecular flexibility index (Phi) is 6.16. The fraction of sp³-hybridized carbons (Fsp3) is 0.667. The predicted molar refractivity (Wildman–Crippen MR) is 73.8 cm³/mol. The number of aromatic nitrogens is 2. The van der Waals surface area contributed by atoms with Gasteiger partial charge >= 0.3 is 6.18 Å². The van der Waals surface area contributed by atoms with Crippen LogP contribution in [0.15, 0.2) is 6.07 Å². The normalized spacial score (nSPS) is 13.1. The fourth-order valence-corrected chi connectivity index (χ4v) is 1.76. The molecule has 3 N–H and O–H groups in total. The third-order valence-electron chi connectivity index (χ3n) is 3.09. The first kappa shape index (κ1) is 17.4. The molecule has 0 saturated carbocycles. The Labute approximate surface area is 121 Å². The van der Waals surface area contributed by atoms with Crippen molar-refractivity contribution < 1.29 is 17.9 Å². The lowest BCUT2D eigenvalue weighted by Crippen LogP contribution is -2.36. The zero-order chi connectivity index (χ0) is 16.0. The van der Waals surface area contributed by atoms with Crippen molar-refractivity contribution in [1.29, 1.82) is 0 Å². The molecular formula is C12H20F3N5O. The van der Waals surface area contributed by atoms with Gasteiger partial charge in [-0.2, -0.15) is 18.2 Å². The highest BCUT2D eigenvalue weighted by atomic mass is 19.4. The molecule has 6 nitrogen and oxygen atoms in total. The molecule has 0 aliphatic carbocycles. The Morgan fingerprint density at radius 3 is 2.57 bits per heavy atom. The first-order valence-electron chi connectivity index (χ1n) is 6.52. The molecule has 9 heteroatoms. The second kappa shape index (κ2) is 7.41. The van der Waals surface area contributed by atoms with Gasteiger partial charge in [0.2, 0.25) is 5.95 Å². The third-order valence-corrected chi connectivity index (χ3v) is 3.09. The lowest BCUT2D eigenvalue weighted by Gasteiger charge is -2.30. The Hall–Kier alpha value is -1.61. The van der Waals surface area contributed by atoms with E-state index in [4.69, 9.17) is 10.6 Å². The number of anilines is 2. The number of nitrogens with two attached hydrogens (primary N) is 1. The topological polar surface area (TPSA) is 76.3 Å². The van der Waals surface area contributed by atoms with E-state index in [2.05, 4.69) is 15.4 Å². The highest BCUT2D eigenvalue weighted by Crippen LogP contribution is 2.31. The van der Waals surface area contributed by atoms with Crippen LogP contribution in [0.1, 0.15) is 26.0 Å². The average molecular weight is 307 g/mol. The smallest absolute Gasteiger partial charge is 0.383 e. The second-order valence-corrected chi connectivity index (χ2v) is 4.52. The third kappa shape index (κ3) is 4.71. The molecule has 0 aromatic carbocycles. The summed E-state index contributed by atoms with van der Waals surface area (Å²) in [5.74, 6) is 5.05. The van der Waals surface area contributed by atoms with Crippen LogP contribution in [0.25, 0.3) is 0 Å². The van der Waals surface area contributed by atoms with Crippen molar-refractivity contribution in [2.75, 3.05) is 30.6 Å². The number of hydrogen-bond acceptors (Lipinski definition) is 6. The van der Waals surface area contributed by atoms with E-state index in [-0.39, 0.29) is 17.8 Å². The van der Waals surface area contributed by atoms with Gasteiger partial charge in [0.1, 0.15) is 5.82 Å². The van der Waals surface area contributed by atoms with Crippen LogP contribution in [0, 0.1) is 0 Å². The maximum Gasteiger partial charge on any atom is 0.433 e. The maximum absolute atomic E-state index is 12.9. The molecule has 1 rings (SSSR count). The number of nitrogens with zero attached hydrogens (tertiary/aromatic N) is 3. The van der Waals surface area contributed by atoms with Crippen LogP contribution in [-0.4, -0.2) is 36.3 Å². The Balaban J connectivity index is 3.22. The quantitative estimate of drug-likeness (QED) is 0.593. The molecule has 0 bridgehead atoms. The first-order chi connectivity index (χ1) is 9.83. The molecule has 0 fully saturated rings. The van der Waals surface area contributed by atoms with Gasteiger partial charge in [0.05, 0.1) is 6.61 Å². The van der Waals surface area contributed by atoms with Crippen molar-refractivity contribution in [3.8, 4) is 0 Å². The minimum Gasteiger partial charge on any atom is -0.383 e. The number of hydrogen-bond donors (Lipinski definition) is 2. The highest BCUT2D eigenvalue weighted by molar-refractivity contribution is 5.46. The molecule has 0 aliphatic rings. The van der Waals surface area contributed by atoms with E-state index in [0.29, 0.717) is 13.2 Å². The Bertz CT molecular complexity index is 455. The number of halogens is 3.